The van der Waals surface area contributed by atoms with E-state index in [0.29, 0.717) is 18.6 Å². The van der Waals surface area contributed by atoms with Crippen LogP contribution < -0.4 is 10.6 Å². The minimum absolute atomic E-state index is 0. The van der Waals surface area contributed by atoms with E-state index >= 15 is 0 Å². The highest BCUT2D eigenvalue weighted by atomic mass is 127. The maximum atomic E-state index is 13.5. The number of guanidine groups is 1. The van der Waals surface area contributed by atoms with Crippen LogP contribution in [-0.2, 0) is 6.42 Å². The Balaban J connectivity index is 0.00000280. The van der Waals surface area contributed by atoms with Crippen LogP contribution in [0.25, 0.3) is 10.9 Å². The standard InChI is InChI=1S/C21H32FN5.HI/c1-4-23-21(26-18-8-11-27(12-9-18)15(2)3)24-10-7-16-14-25-20-6-5-17(22)13-19(16)20;/h5-6,13-15,18,25H,4,7-12H2,1-3H3,(H2,23,24,26);1H. The molecule has 5 nitrogen and oxygen atoms in total. The lowest BCUT2D eigenvalue weighted by Gasteiger charge is -2.35. The topological polar surface area (TPSA) is 55.5 Å². The monoisotopic (exact) mass is 501 g/mol. The lowest BCUT2D eigenvalue weighted by atomic mass is 10.0. The first-order chi connectivity index (χ1) is 13.1. The average Bonchev–Trinajstić information content (AvgIpc) is 3.04. The van der Waals surface area contributed by atoms with Crippen molar-refractivity contribution in [3.05, 3.63) is 35.8 Å². The quantitative estimate of drug-likeness (QED) is 0.320. The van der Waals surface area contributed by atoms with Crippen molar-refractivity contribution in [3.8, 4) is 0 Å². The van der Waals surface area contributed by atoms with Gasteiger partial charge in [0, 0.05) is 55.4 Å². The molecule has 0 aliphatic carbocycles. The van der Waals surface area contributed by atoms with Crippen molar-refractivity contribution in [2.45, 2.75) is 52.1 Å². The second-order valence-electron chi connectivity index (χ2n) is 7.56. The van der Waals surface area contributed by atoms with E-state index in [1.54, 1.807) is 12.1 Å². The fraction of sp³-hybridized carbons (Fsp3) is 0.571. The van der Waals surface area contributed by atoms with Gasteiger partial charge in [0.25, 0.3) is 0 Å². The van der Waals surface area contributed by atoms with Crippen LogP contribution in [-0.4, -0.2) is 54.1 Å². The summed E-state index contributed by atoms with van der Waals surface area (Å²) in [4.78, 5) is 10.5. The van der Waals surface area contributed by atoms with Crippen molar-refractivity contribution in [1.29, 1.82) is 0 Å². The molecule has 1 saturated heterocycles. The van der Waals surface area contributed by atoms with Crippen LogP contribution in [0.3, 0.4) is 0 Å². The van der Waals surface area contributed by atoms with Crippen molar-refractivity contribution in [3.63, 3.8) is 0 Å². The molecular weight excluding hydrogens is 468 g/mol. The number of rotatable bonds is 6. The molecule has 0 unspecified atom stereocenters. The molecule has 0 atom stereocenters. The number of halogens is 2. The second-order valence-corrected chi connectivity index (χ2v) is 7.56. The first-order valence-electron chi connectivity index (χ1n) is 10.1. The molecule has 1 aromatic heterocycles. The van der Waals surface area contributed by atoms with Crippen molar-refractivity contribution in [2.75, 3.05) is 26.2 Å². The van der Waals surface area contributed by atoms with E-state index in [1.165, 1.54) is 6.07 Å². The van der Waals surface area contributed by atoms with Gasteiger partial charge in [-0.1, -0.05) is 0 Å². The number of benzene rings is 1. The SMILES string of the molecule is CCNC(=NCCc1c[nH]c2ccc(F)cc12)NC1CCN(C(C)C)CC1.I. The molecule has 1 aromatic carbocycles. The number of H-pyrrole nitrogens is 1. The van der Waals surface area contributed by atoms with E-state index < -0.39 is 0 Å². The zero-order valence-corrected chi connectivity index (χ0v) is 19.4. The molecule has 156 valence electrons. The normalized spacial score (nSPS) is 16.4. The number of piperidine rings is 1. The van der Waals surface area contributed by atoms with E-state index in [4.69, 9.17) is 4.99 Å². The van der Waals surface area contributed by atoms with Crippen molar-refractivity contribution < 1.29 is 4.39 Å². The van der Waals surface area contributed by atoms with Crippen LogP contribution in [0.4, 0.5) is 4.39 Å². The highest BCUT2D eigenvalue weighted by molar-refractivity contribution is 14.0. The maximum Gasteiger partial charge on any atom is 0.191 e. The predicted molar refractivity (Wildman–Crippen MR) is 126 cm³/mol. The molecule has 0 saturated carbocycles. The summed E-state index contributed by atoms with van der Waals surface area (Å²) in [5.41, 5.74) is 2.08. The summed E-state index contributed by atoms with van der Waals surface area (Å²) in [6.45, 7) is 10.4. The fourth-order valence-electron chi connectivity index (χ4n) is 3.72. The van der Waals surface area contributed by atoms with Gasteiger partial charge in [0.05, 0.1) is 0 Å². The minimum Gasteiger partial charge on any atom is -0.361 e. The molecule has 0 amide bonds. The van der Waals surface area contributed by atoms with E-state index in [-0.39, 0.29) is 29.8 Å². The van der Waals surface area contributed by atoms with Crippen LogP contribution >= 0.6 is 24.0 Å². The summed E-state index contributed by atoms with van der Waals surface area (Å²) in [6.07, 6.45) is 5.03. The Labute approximate surface area is 184 Å². The van der Waals surface area contributed by atoms with Gasteiger partial charge in [0.15, 0.2) is 5.96 Å². The Morgan fingerprint density at radius 3 is 2.75 bits per heavy atom. The molecular formula is C21H33FIN5. The van der Waals surface area contributed by atoms with Gasteiger partial charge >= 0.3 is 0 Å². The Bertz CT molecular complexity index is 765. The van der Waals surface area contributed by atoms with Gasteiger partial charge in [-0.05, 0) is 63.8 Å². The minimum atomic E-state index is -0.199. The molecule has 1 fully saturated rings. The van der Waals surface area contributed by atoms with Crippen molar-refractivity contribution in [1.82, 2.24) is 20.5 Å². The molecule has 3 rings (SSSR count). The average molecular weight is 501 g/mol. The summed E-state index contributed by atoms with van der Waals surface area (Å²) in [7, 11) is 0. The van der Waals surface area contributed by atoms with Crippen LogP contribution in [0.1, 0.15) is 39.2 Å². The number of hydrogen-bond acceptors (Lipinski definition) is 2. The molecule has 28 heavy (non-hydrogen) atoms. The summed E-state index contributed by atoms with van der Waals surface area (Å²) >= 11 is 0. The van der Waals surface area contributed by atoms with Gasteiger partial charge in [-0.2, -0.15) is 0 Å². The molecule has 1 aliphatic rings. The third-order valence-electron chi connectivity index (χ3n) is 5.33. The van der Waals surface area contributed by atoms with Gasteiger partial charge in [0.2, 0.25) is 0 Å². The van der Waals surface area contributed by atoms with E-state index in [2.05, 4.69) is 41.3 Å². The van der Waals surface area contributed by atoms with Crippen molar-refractivity contribution in [2.24, 2.45) is 4.99 Å². The molecule has 0 radical (unpaired) electrons. The van der Waals surface area contributed by atoms with Gasteiger partial charge in [-0.3, -0.25) is 4.99 Å². The molecule has 3 N–H and O–H groups in total. The van der Waals surface area contributed by atoms with Gasteiger partial charge < -0.3 is 20.5 Å². The van der Waals surface area contributed by atoms with E-state index in [0.717, 1.165) is 61.3 Å². The largest absolute Gasteiger partial charge is 0.361 e. The highest BCUT2D eigenvalue weighted by Crippen LogP contribution is 2.20. The Kier molecular flexibility index (Phi) is 9.01. The Morgan fingerprint density at radius 2 is 2.07 bits per heavy atom. The third kappa shape index (κ3) is 6.07. The number of fused-ring (bicyclic) bond motifs is 1. The van der Waals surface area contributed by atoms with Crippen LogP contribution in [0.2, 0.25) is 0 Å². The smallest absolute Gasteiger partial charge is 0.191 e. The van der Waals surface area contributed by atoms with E-state index in [9.17, 15) is 4.39 Å². The van der Waals surface area contributed by atoms with Crippen LogP contribution in [0, 0.1) is 5.82 Å². The third-order valence-corrected chi connectivity index (χ3v) is 5.33. The zero-order valence-electron chi connectivity index (χ0n) is 17.1. The van der Waals surface area contributed by atoms with Gasteiger partial charge in [-0.25, -0.2) is 4.39 Å². The fourth-order valence-corrected chi connectivity index (χ4v) is 3.72. The molecule has 1 aliphatic heterocycles. The summed E-state index contributed by atoms with van der Waals surface area (Å²) in [5.74, 6) is 0.682. The molecule has 7 heteroatoms. The summed E-state index contributed by atoms with van der Waals surface area (Å²) in [6, 6.07) is 5.95. The number of aliphatic imine (C=N–C) groups is 1. The second kappa shape index (κ2) is 11.0. The molecule has 0 bridgehead atoms. The van der Waals surface area contributed by atoms with Crippen LogP contribution in [0.5, 0.6) is 0 Å². The number of hydrogen-bond donors (Lipinski definition) is 3. The lowest BCUT2D eigenvalue weighted by Crippen LogP contribution is -2.49. The summed E-state index contributed by atoms with van der Waals surface area (Å²) in [5, 5.41) is 7.88. The Morgan fingerprint density at radius 1 is 1.32 bits per heavy atom. The first kappa shape index (κ1) is 22.9. The number of likely N-dealkylation sites (tertiary alicyclic amines) is 1. The zero-order chi connectivity index (χ0) is 19.2. The van der Waals surface area contributed by atoms with Gasteiger partial charge in [-0.15, -0.1) is 24.0 Å². The highest BCUT2D eigenvalue weighted by Gasteiger charge is 2.21. The molecule has 0 spiro atoms. The number of aromatic amines is 1. The first-order valence-corrected chi connectivity index (χ1v) is 10.1. The van der Waals surface area contributed by atoms with Crippen molar-refractivity contribution >= 4 is 40.8 Å². The number of nitrogens with one attached hydrogen (secondary N) is 3. The molecule has 2 aromatic rings. The maximum absolute atomic E-state index is 13.5. The number of nitrogens with zero attached hydrogens (tertiary/aromatic N) is 2. The summed E-state index contributed by atoms with van der Waals surface area (Å²) < 4.78 is 13.5. The van der Waals surface area contributed by atoms with Gasteiger partial charge in [0.1, 0.15) is 5.82 Å². The van der Waals surface area contributed by atoms with E-state index in [1.807, 2.05) is 6.20 Å². The molecule has 2 heterocycles. The lowest BCUT2D eigenvalue weighted by molar-refractivity contribution is 0.167. The number of aromatic nitrogens is 1. The van der Waals surface area contributed by atoms with Crippen LogP contribution in [0.15, 0.2) is 29.4 Å². The predicted octanol–water partition coefficient (Wildman–Crippen LogP) is 3.90. The Hall–Kier alpha value is -1.35.